The molecule has 1 rings (SSSR count). The summed E-state index contributed by atoms with van der Waals surface area (Å²) in [7, 11) is 0. The van der Waals surface area contributed by atoms with Gasteiger partial charge in [-0.3, -0.25) is 0 Å². The Morgan fingerprint density at radius 3 is 2.60 bits per heavy atom. The van der Waals surface area contributed by atoms with Crippen molar-refractivity contribution in [3.63, 3.8) is 0 Å². The zero-order chi connectivity index (χ0) is 7.78. The molecule has 0 saturated carbocycles. The van der Waals surface area contributed by atoms with Gasteiger partial charge in [0.25, 0.3) is 0 Å². The normalized spacial score (nSPS) is 31.2. The van der Waals surface area contributed by atoms with E-state index in [4.69, 9.17) is 5.73 Å². The first-order chi connectivity index (χ1) is 4.57. The average Bonchev–Trinajstić information content (AvgIpc) is 2.15. The molecular formula is C7H12InNO. The van der Waals surface area contributed by atoms with E-state index in [1.807, 2.05) is 6.92 Å². The van der Waals surface area contributed by atoms with Gasteiger partial charge in [-0.05, 0) is 0 Å². The van der Waals surface area contributed by atoms with Crippen LogP contribution in [0.5, 0.6) is 0 Å². The summed E-state index contributed by atoms with van der Waals surface area (Å²) in [5.74, 6) is -0.117. The summed E-state index contributed by atoms with van der Waals surface area (Å²) in [5, 5.41) is 0. The molecule has 10 heavy (non-hydrogen) atoms. The third kappa shape index (κ3) is 1.16. The van der Waals surface area contributed by atoms with Gasteiger partial charge in [0.05, 0.1) is 0 Å². The van der Waals surface area contributed by atoms with E-state index < -0.39 is 22.4 Å². The summed E-state index contributed by atoms with van der Waals surface area (Å²) in [5.41, 5.74) is 5.09. The number of amides is 1. The first-order valence-electron chi connectivity index (χ1n) is 3.54. The Labute approximate surface area is 72.0 Å². The Kier molecular flexibility index (Phi) is 2.23. The van der Waals surface area contributed by atoms with Crippen molar-refractivity contribution in [2.75, 3.05) is 0 Å². The first kappa shape index (κ1) is 8.31. The van der Waals surface area contributed by atoms with Crippen molar-refractivity contribution in [2.24, 2.45) is 11.1 Å². The Morgan fingerprint density at radius 1 is 1.80 bits per heavy atom. The summed E-state index contributed by atoms with van der Waals surface area (Å²) >= 11 is -0.480. The van der Waals surface area contributed by atoms with Gasteiger partial charge in [-0.2, -0.15) is 0 Å². The molecule has 1 heterocycles. The van der Waals surface area contributed by atoms with Crippen molar-refractivity contribution < 1.29 is 4.79 Å². The molecule has 0 aromatic rings. The van der Waals surface area contributed by atoms with Crippen molar-refractivity contribution in [3.05, 3.63) is 0 Å². The number of hydrogen-bond donors (Lipinski definition) is 1. The predicted molar refractivity (Wildman–Crippen MR) is 43.2 cm³/mol. The van der Waals surface area contributed by atoms with Crippen LogP contribution >= 0.6 is 0 Å². The minimum atomic E-state index is -0.480. The predicted octanol–water partition coefficient (Wildman–Crippen LogP) is 0.197. The molecular weight excluding hydrogens is 229 g/mol. The second-order valence-corrected chi connectivity index (χ2v) is 8.41. The number of rotatable bonds is 1. The third-order valence-electron chi connectivity index (χ3n) is 2.51. The molecule has 0 fully saturated rings. The molecule has 1 aliphatic rings. The number of primary amides is 1. The van der Waals surface area contributed by atoms with Crippen LogP contribution in [-0.4, -0.2) is 31.6 Å². The summed E-state index contributed by atoms with van der Waals surface area (Å²) in [4.78, 5) is 11.0. The van der Waals surface area contributed by atoms with Gasteiger partial charge in [0.1, 0.15) is 0 Å². The molecule has 1 atom stereocenters. The molecule has 0 saturated heterocycles. The molecule has 0 aliphatic carbocycles. The average molecular weight is 241 g/mol. The Morgan fingerprint density at radius 2 is 2.40 bits per heavy atom. The molecule has 0 radical (unpaired) electrons. The van der Waals surface area contributed by atoms with E-state index in [1.165, 1.54) is 7.43 Å². The maximum absolute atomic E-state index is 11.0. The van der Waals surface area contributed by atoms with Gasteiger partial charge in [-0.1, -0.05) is 0 Å². The number of nitrogens with two attached hydrogens (primary N) is 1. The van der Waals surface area contributed by atoms with Crippen molar-refractivity contribution in [1.29, 1.82) is 0 Å². The number of carbonyl (C=O) groups excluding carboxylic acids is 1. The van der Waals surface area contributed by atoms with E-state index in [-0.39, 0.29) is 11.3 Å². The van der Waals surface area contributed by atoms with Crippen LogP contribution < -0.4 is 5.73 Å². The monoisotopic (exact) mass is 241 g/mol. The fourth-order valence-corrected chi connectivity index (χ4v) is 6.72. The van der Waals surface area contributed by atoms with E-state index in [9.17, 15) is 4.79 Å². The van der Waals surface area contributed by atoms with Gasteiger partial charge in [-0.15, -0.1) is 0 Å². The van der Waals surface area contributed by atoms with Crippen LogP contribution in [0.1, 0.15) is 20.3 Å². The topological polar surface area (TPSA) is 43.1 Å². The van der Waals surface area contributed by atoms with Crippen molar-refractivity contribution in [3.8, 4) is 0 Å². The van der Waals surface area contributed by atoms with Crippen LogP contribution in [0.15, 0.2) is 0 Å². The van der Waals surface area contributed by atoms with E-state index in [1.54, 1.807) is 0 Å². The molecule has 0 aromatic carbocycles. The van der Waals surface area contributed by atoms with Crippen molar-refractivity contribution in [1.82, 2.24) is 0 Å². The Bertz CT molecular complexity index is 200. The van der Waals surface area contributed by atoms with Gasteiger partial charge >= 0.3 is 72.0 Å². The minimum absolute atomic E-state index is 0.117. The second kappa shape index (κ2) is 2.68. The van der Waals surface area contributed by atoms with Crippen LogP contribution in [0.25, 0.3) is 0 Å². The van der Waals surface area contributed by atoms with Crippen LogP contribution in [0.3, 0.4) is 0 Å². The van der Waals surface area contributed by atoms with Gasteiger partial charge in [0, 0.05) is 0 Å². The summed E-state index contributed by atoms with van der Waals surface area (Å²) in [6, 6.07) is 0. The van der Waals surface area contributed by atoms with Crippen LogP contribution in [0.4, 0.5) is 0 Å². The number of carbonyl (C=O) groups is 1. The van der Waals surface area contributed by atoms with E-state index in [0.29, 0.717) is 0 Å². The fraction of sp³-hybridized carbons (Fsp3) is 0.714. The fourth-order valence-electron chi connectivity index (χ4n) is 1.32. The maximum atomic E-state index is 11.0. The molecule has 1 aliphatic heterocycles. The van der Waals surface area contributed by atoms with E-state index in [2.05, 4.69) is 6.92 Å². The number of hydrogen-bond acceptors (Lipinski definition) is 1. The molecule has 2 N–H and O–H groups in total. The molecule has 2 nitrogen and oxygen atoms in total. The molecule has 54 valence electrons. The van der Waals surface area contributed by atoms with Gasteiger partial charge in [0.15, 0.2) is 0 Å². The standard InChI is InChI=1S/C7H12NO.In/c1-4-7(3,5-2)6(8)9;/h1,4H2,2-3H3,(H2,8,9);. The van der Waals surface area contributed by atoms with Gasteiger partial charge < -0.3 is 0 Å². The SMILES string of the molecule is C[C]1=[In][CH2]CC1(C)C(N)=O. The zero-order valence-corrected chi connectivity index (χ0v) is 9.77. The van der Waals surface area contributed by atoms with E-state index >= 15 is 0 Å². The van der Waals surface area contributed by atoms with Crippen LogP contribution in [0.2, 0.25) is 4.18 Å². The van der Waals surface area contributed by atoms with Crippen molar-refractivity contribution >= 4 is 31.6 Å². The molecule has 0 spiro atoms. The molecule has 0 bridgehead atoms. The van der Waals surface area contributed by atoms with Gasteiger partial charge in [-0.25, -0.2) is 0 Å². The van der Waals surface area contributed by atoms with Gasteiger partial charge in [0.2, 0.25) is 0 Å². The summed E-state index contributed by atoms with van der Waals surface area (Å²) < 4.78 is 2.75. The van der Waals surface area contributed by atoms with Crippen molar-refractivity contribution in [2.45, 2.75) is 24.4 Å². The molecule has 3 heteroatoms. The Balaban J connectivity index is 2.89. The van der Waals surface area contributed by atoms with Crippen LogP contribution in [0, 0.1) is 5.41 Å². The molecule has 1 amide bonds. The molecule has 1 unspecified atom stereocenters. The quantitative estimate of drug-likeness (QED) is 0.699. The van der Waals surface area contributed by atoms with Crippen LogP contribution in [-0.2, 0) is 4.79 Å². The molecule has 0 aromatic heterocycles. The third-order valence-corrected chi connectivity index (χ3v) is 7.72. The summed E-state index contributed by atoms with van der Waals surface area (Å²) in [6.45, 7) is 4.10. The summed E-state index contributed by atoms with van der Waals surface area (Å²) in [6.07, 6.45) is 1.02. The zero-order valence-electron chi connectivity index (χ0n) is 6.48. The first-order valence-corrected chi connectivity index (χ1v) is 7.52. The Hall–Kier alpha value is 0.210. The van der Waals surface area contributed by atoms with E-state index in [0.717, 1.165) is 6.42 Å². The second-order valence-electron chi connectivity index (χ2n) is 3.12.